The summed E-state index contributed by atoms with van der Waals surface area (Å²) < 4.78 is 0. The molecule has 4 rings (SSSR count). The molecular weight excluding hydrogens is 392 g/mol. The minimum Gasteiger partial charge on any atom is -0.356 e. The molecule has 7 heteroatoms. The molecule has 0 saturated carbocycles. The van der Waals surface area contributed by atoms with Crippen LogP contribution in [0.4, 0.5) is 4.79 Å². The van der Waals surface area contributed by atoms with E-state index in [1.807, 2.05) is 12.1 Å². The van der Waals surface area contributed by atoms with Crippen LogP contribution in [0.25, 0.3) is 0 Å². The number of rotatable bonds is 7. The van der Waals surface area contributed by atoms with E-state index in [-0.39, 0.29) is 23.8 Å². The van der Waals surface area contributed by atoms with E-state index in [0.29, 0.717) is 19.5 Å². The standard InChI is InChI=1S/C24H34N4O3/c1-2-3-6-13-25-21(29)19-10-14-27(15-11-19)17-28-22(30)24(26-23(28)31)12-9-18-7-4-5-8-20(18)16-24/h4-5,7-8,19H,2-3,6,9-17H2,1H3,(H,25,29)(H,26,31). The monoisotopic (exact) mass is 426 g/mol. The van der Waals surface area contributed by atoms with E-state index in [4.69, 9.17) is 0 Å². The van der Waals surface area contributed by atoms with Gasteiger partial charge in [0.2, 0.25) is 5.91 Å². The Morgan fingerprint density at radius 1 is 1.16 bits per heavy atom. The summed E-state index contributed by atoms with van der Waals surface area (Å²) in [5.41, 5.74) is 1.61. The summed E-state index contributed by atoms with van der Waals surface area (Å²) in [6.45, 7) is 4.65. The van der Waals surface area contributed by atoms with Gasteiger partial charge in [-0.2, -0.15) is 0 Å². The number of imide groups is 1. The molecule has 2 heterocycles. The van der Waals surface area contributed by atoms with Gasteiger partial charge in [-0.15, -0.1) is 0 Å². The highest BCUT2D eigenvalue weighted by atomic mass is 16.2. The lowest BCUT2D eigenvalue weighted by Gasteiger charge is -2.34. The fourth-order valence-electron chi connectivity index (χ4n) is 5.10. The second kappa shape index (κ2) is 9.39. The van der Waals surface area contributed by atoms with E-state index in [9.17, 15) is 14.4 Å². The van der Waals surface area contributed by atoms with E-state index in [1.165, 1.54) is 10.5 Å². The average Bonchev–Trinajstić information content (AvgIpc) is 3.00. The summed E-state index contributed by atoms with van der Waals surface area (Å²) >= 11 is 0. The van der Waals surface area contributed by atoms with E-state index in [0.717, 1.165) is 63.7 Å². The van der Waals surface area contributed by atoms with Gasteiger partial charge in [-0.05, 0) is 43.2 Å². The third-order valence-corrected chi connectivity index (χ3v) is 7.06. The minimum absolute atomic E-state index is 0.0298. The number of hydrogen-bond donors (Lipinski definition) is 2. The highest BCUT2D eigenvalue weighted by Gasteiger charge is 2.52. The van der Waals surface area contributed by atoms with E-state index in [1.54, 1.807) is 0 Å². The first kappa shape index (κ1) is 21.8. The minimum atomic E-state index is -0.803. The molecule has 0 bridgehead atoms. The van der Waals surface area contributed by atoms with Crippen LogP contribution in [0.5, 0.6) is 0 Å². The maximum Gasteiger partial charge on any atom is 0.326 e. The van der Waals surface area contributed by atoms with Crippen LogP contribution in [0.2, 0.25) is 0 Å². The largest absolute Gasteiger partial charge is 0.356 e. The zero-order chi connectivity index (χ0) is 21.8. The molecule has 4 amide bonds. The van der Waals surface area contributed by atoms with Crippen molar-refractivity contribution in [1.29, 1.82) is 0 Å². The van der Waals surface area contributed by atoms with Crippen LogP contribution in [0, 0.1) is 5.92 Å². The molecule has 2 fully saturated rings. The van der Waals surface area contributed by atoms with Gasteiger partial charge in [0, 0.05) is 32.0 Å². The molecule has 1 aromatic rings. The third-order valence-electron chi connectivity index (χ3n) is 7.06. The van der Waals surface area contributed by atoms with Crippen LogP contribution in [0.15, 0.2) is 24.3 Å². The number of aryl methyl sites for hydroxylation is 1. The Hall–Kier alpha value is -2.41. The lowest BCUT2D eigenvalue weighted by atomic mass is 9.78. The van der Waals surface area contributed by atoms with Gasteiger partial charge in [0.25, 0.3) is 5.91 Å². The molecule has 2 N–H and O–H groups in total. The number of nitrogens with zero attached hydrogens (tertiary/aromatic N) is 2. The van der Waals surface area contributed by atoms with Crippen LogP contribution in [0.1, 0.15) is 56.6 Å². The number of unbranched alkanes of at least 4 members (excludes halogenated alkanes) is 2. The molecule has 1 aromatic carbocycles. The summed E-state index contributed by atoms with van der Waals surface area (Å²) in [7, 11) is 0. The maximum atomic E-state index is 13.3. The summed E-state index contributed by atoms with van der Waals surface area (Å²) in [4.78, 5) is 41.8. The summed E-state index contributed by atoms with van der Waals surface area (Å²) in [6.07, 6.45) is 6.84. The van der Waals surface area contributed by atoms with Crippen molar-refractivity contribution in [2.75, 3.05) is 26.3 Å². The van der Waals surface area contributed by atoms with Crippen molar-refractivity contribution in [3.8, 4) is 0 Å². The molecule has 1 atom stereocenters. The lowest BCUT2D eigenvalue weighted by Crippen LogP contribution is -2.52. The highest BCUT2D eigenvalue weighted by Crippen LogP contribution is 2.34. The van der Waals surface area contributed by atoms with E-state index in [2.05, 4.69) is 34.6 Å². The number of benzene rings is 1. The average molecular weight is 427 g/mol. The highest BCUT2D eigenvalue weighted by molar-refractivity contribution is 6.07. The molecule has 1 unspecified atom stereocenters. The molecule has 31 heavy (non-hydrogen) atoms. The maximum absolute atomic E-state index is 13.3. The first-order valence-electron chi connectivity index (χ1n) is 11.7. The SMILES string of the molecule is CCCCCNC(=O)C1CCN(CN2C(=O)NC3(CCc4ccccc4C3)C2=O)CC1. The topological polar surface area (TPSA) is 81.8 Å². The predicted molar refractivity (Wildman–Crippen MR) is 118 cm³/mol. The number of piperidine rings is 1. The third kappa shape index (κ3) is 4.61. The molecule has 3 aliphatic rings. The van der Waals surface area contributed by atoms with Crippen molar-refractivity contribution in [2.24, 2.45) is 5.92 Å². The number of fused-ring (bicyclic) bond motifs is 1. The van der Waals surface area contributed by atoms with Crippen molar-refractivity contribution in [3.05, 3.63) is 35.4 Å². The number of hydrogen-bond acceptors (Lipinski definition) is 4. The van der Waals surface area contributed by atoms with Gasteiger partial charge in [-0.25, -0.2) is 9.69 Å². The Morgan fingerprint density at radius 2 is 1.90 bits per heavy atom. The molecule has 1 aliphatic carbocycles. The molecule has 0 aromatic heterocycles. The second-order valence-electron chi connectivity index (χ2n) is 9.22. The van der Waals surface area contributed by atoms with Crippen molar-refractivity contribution in [2.45, 2.75) is 63.8 Å². The molecule has 168 valence electrons. The molecular formula is C24H34N4O3. The molecule has 7 nitrogen and oxygen atoms in total. The zero-order valence-corrected chi connectivity index (χ0v) is 18.5. The van der Waals surface area contributed by atoms with Crippen LogP contribution >= 0.6 is 0 Å². The number of amides is 4. The van der Waals surface area contributed by atoms with Gasteiger partial charge >= 0.3 is 6.03 Å². The van der Waals surface area contributed by atoms with E-state index < -0.39 is 5.54 Å². The molecule has 1 spiro atoms. The fraction of sp³-hybridized carbons (Fsp3) is 0.625. The molecule has 2 aliphatic heterocycles. The zero-order valence-electron chi connectivity index (χ0n) is 18.5. The van der Waals surface area contributed by atoms with Gasteiger partial charge in [-0.1, -0.05) is 44.0 Å². The normalized spacial score (nSPS) is 24.4. The first-order chi connectivity index (χ1) is 15.0. The number of nitrogens with one attached hydrogen (secondary N) is 2. The number of carbonyl (C=O) groups is 3. The van der Waals surface area contributed by atoms with Crippen molar-refractivity contribution in [1.82, 2.24) is 20.4 Å². The van der Waals surface area contributed by atoms with Gasteiger partial charge in [-0.3, -0.25) is 14.5 Å². The quantitative estimate of drug-likeness (QED) is 0.518. The Morgan fingerprint density at radius 3 is 2.65 bits per heavy atom. The summed E-state index contributed by atoms with van der Waals surface area (Å²) in [5, 5.41) is 6.06. The van der Waals surface area contributed by atoms with Crippen molar-refractivity contribution < 1.29 is 14.4 Å². The van der Waals surface area contributed by atoms with Gasteiger partial charge in [0.05, 0.1) is 6.67 Å². The van der Waals surface area contributed by atoms with Crippen molar-refractivity contribution >= 4 is 17.8 Å². The Labute approximate surface area is 184 Å². The molecule has 0 radical (unpaired) electrons. The number of urea groups is 1. The Balaban J connectivity index is 1.29. The Kier molecular flexibility index (Phi) is 6.60. The first-order valence-corrected chi connectivity index (χ1v) is 11.7. The predicted octanol–water partition coefficient (Wildman–Crippen LogP) is 2.44. The fourth-order valence-corrected chi connectivity index (χ4v) is 5.10. The molecule has 2 saturated heterocycles. The van der Waals surface area contributed by atoms with Crippen LogP contribution < -0.4 is 10.6 Å². The van der Waals surface area contributed by atoms with Crippen LogP contribution in [-0.4, -0.2) is 59.5 Å². The second-order valence-corrected chi connectivity index (χ2v) is 9.22. The van der Waals surface area contributed by atoms with Gasteiger partial charge < -0.3 is 10.6 Å². The Bertz CT molecular complexity index is 834. The number of likely N-dealkylation sites (tertiary alicyclic amines) is 1. The van der Waals surface area contributed by atoms with Crippen LogP contribution in [-0.2, 0) is 22.4 Å². The van der Waals surface area contributed by atoms with Crippen molar-refractivity contribution in [3.63, 3.8) is 0 Å². The summed E-state index contributed by atoms with van der Waals surface area (Å²) in [6, 6.07) is 7.87. The summed E-state index contributed by atoms with van der Waals surface area (Å²) in [5.74, 6) is 0.0653. The van der Waals surface area contributed by atoms with E-state index >= 15 is 0 Å². The van der Waals surface area contributed by atoms with Crippen LogP contribution in [0.3, 0.4) is 0 Å². The smallest absolute Gasteiger partial charge is 0.326 e. The lowest BCUT2D eigenvalue weighted by molar-refractivity contribution is -0.134. The van der Waals surface area contributed by atoms with Gasteiger partial charge in [0.15, 0.2) is 0 Å². The number of carbonyl (C=O) groups excluding carboxylic acids is 3. The van der Waals surface area contributed by atoms with Gasteiger partial charge in [0.1, 0.15) is 5.54 Å².